The number of aliphatic hydroxyl groups excluding tert-OH is 1. The van der Waals surface area contributed by atoms with E-state index >= 15 is 0 Å². The molecule has 5 rings (SSSR count). The van der Waals surface area contributed by atoms with Crippen LogP contribution in [0.25, 0.3) is 0 Å². The number of anilines is 1. The summed E-state index contributed by atoms with van der Waals surface area (Å²) in [6, 6.07) is 11.2. The van der Waals surface area contributed by atoms with Crippen LogP contribution in [0.15, 0.2) is 48.6 Å². The molecule has 2 aliphatic carbocycles. The van der Waals surface area contributed by atoms with Crippen LogP contribution in [0.4, 0.5) is 5.69 Å². The van der Waals surface area contributed by atoms with Crippen molar-refractivity contribution in [3.05, 3.63) is 70.3 Å². The number of aliphatic hydroxyl groups is 1. The van der Waals surface area contributed by atoms with Gasteiger partial charge in [-0.3, -0.25) is 0 Å². The van der Waals surface area contributed by atoms with E-state index in [0.717, 1.165) is 42.8 Å². The topological polar surface area (TPSA) is 130 Å². The van der Waals surface area contributed by atoms with Gasteiger partial charge in [0.2, 0.25) is 10.0 Å². The fraction of sp³-hybridized carbons (Fsp3) is 0.545. The van der Waals surface area contributed by atoms with Crippen molar-refractivity contribution in [3.8, 4) is 5.75 Å². The van der Waals surface area contributed by atoms with Gasteiger partial charge in [0, 0.05) is 23.5 Å². The number of benzene rings is 2. The Morgan fingerprint density at radius 1 is 1.26 bits per heavy atom. The Morgan fingerprint density at radius 2 is 2.05 bits per heavy atom. The molecule has 4 N–H and O–H groups in total. The highest BCUT2D eigenvalue weighted by Gasteiger charge is 2.44. The van der Waals surface area contributed by atoms with Crippen molar-refractivity contribution in [3.63, 3.8) is 0 Å². The van der Waals surface area contributed by atoms with Gasteiger partial charge < -0.3 is 19.8 Å². The van der Waals surface area contributed by atoms with Gasteiger partial charge >= 0.3 is 5.97 Å². The molecule has 0 amide bonds. The molecule has 0 saturated heterocycles. The molecule has 43 heavy (non-hydrogen) atoms. The molecule has 1 saturated carbocycles. The number of carboxylic acid groups (broad SMARTS) is 1. The summed E-state index contributed by atoms with van der Waals surface area (Å²) < 4.78 is 30.3. The second-order valence-electron chi connectivity index (χ2n) is 12.8. The third-order valence-electron chi connectivity index (χ3n) is 9.95. The third kappa shape index (κ3) is 6.75. The molecule has 1 spiro atoms. The first kappa shape index (κ1) is 31.8. The van der Waals surface area contributed by atoms with Crippen molar-refractivity contribution in [1.82, 2.24) is 0 Å². The van der Waals surface area contributed by atoms with Gasteiger partial charge in [0.15, 0.2) is 0 Å². The lowest BCUT2D eigenvalue weighted by Crippen LogP contribution is -2.49. The van der Waals surface area contributed by atoms with Crippen molar-refractivity contribution in [2.24, 2.45) is 22.9 Å². The molecule has 2 aromatic rings. The molecule has 0 radical (unpaired) electrons. The quantitative estimate of drug-likeness (QED) is 0.294. The predicted octanol–water partition coefficient (Wildman–Crippen LogP) is 5.55. The molecule has 0 bridgehead atoms. The second kappa shape index (κ2) is 12.8. The number of hydrogen-bond donors (Lipinski definition) is 3. The minimum absolute atomic E-state index is 0.0513. The van der Waals surface area contributed by atoms with Gasteiger partial charge in [-0.1, -0.05) is 43.7 Å². The van der Waals surface area contributed by atoms with Gasteiger partial charge in [0.25, 0.3) is 0 Å². The number of halogens is 1. The summed E-state index contributed by atoms with van der Waals surface area (Å²) in [5, 5.41) is 26.4. The van der Waals surface area contributed by atoms with Crippen LogP contribution in [-0.2, 0) is 21.9 Å². The number of aromatic carboxylic acids is 1. The molecule has 1 fully saturated rings. The van der Waals surface area contributed by atoms with E-state index in [1.165, 1.54) is 11.1 Å². The average Bonchev–Trinajstić information content (AvgIpc) is 3.07. The lowest BCUT2D eigenvalue weighted by Gasteiger charge is -2.45. The number of sulfonamides is 1. The first-order chi connectivity index (χ1) is 20.4. The zero-order valence-corrected chi connectivity index (χ0v) is 26.5. The van der Waals surface area contributed by atoms with Gasteiger partial charge in [-0.05, 0) is 104 Å². The molecule has 0 unspecified atom stereocenters. The maximum atomic E-state index is 11.9. The molecule has 1 heterocycles. The van der Waals surface area contributed by atoms with Crippen LogP contribution in [0, 0.1) is 17.8 Å². The molecule has 3 aliphatic rings. The number of carboxylic acids is 1. The minimum Gasteiger partial charge on any atom is -0.490 e. The van der Waals surface area contributed by atoms with Crippen LogP contribution in [0.3, 0.4) is 0 Å². The van der Waals surface area contributed by atoms with Crippen LogP contribution in [0.2, 0.25) is 5.02 Å². The van der Waals surface area contributed by atoms with Crippen molar-refractivity contribution in [2.45, 2.75) is 75.6 Å². The monoisotopic (exact) mass is 630 g/mol. The second-order valence-corrected chi connectivity index (χ2v) is 15.0. The molecule has 0 aromatic heterocycles. The van der Waals surface area contributed by atoms with Gasteiger partial charge in [0.1, 0.15) is 5.75 Å². The third-order valence-corrected chi connectivity index (χ3v) is 11.8. The molecule has 6 atom stereocenters. The minimum atomic E-state index is -3.62. The highest BCUT2D eigenvalue weighted by molar-refractivity contribution is 7.89. The van der Waals surface area contributed by atoms with Crippen LogP contribution >= 0.6 is 11.6 Å². The first-order valence-electron chi connectivity index (χ1n) is 15.3. The summed E-state index contributed by atoms with van der Waals surface area (Å²) in [5.41, 5.74) is 3.20. The van der Waals surface area contributed by atoms with E-state index in [9.17, 15) is 23.4 Å². The number of fused-ring (bicyclic) bond motifs is 3. The van der Waals surface area contributed by atoms with Crippen molar-refractivity contribution in [2.75, 3.05) is 24.6 Å². The summed E-state index contributed by atoms with van der Waals surface area (Å²) >= 11 is 6.36. The van der Waals surface area contributed by atoms with E-state index in [1.54, 1.807) is 24.3 Å². The Hall–Kier alpha value is -2.59. The molecule has 1 aliphatic heterocycles. The standard InChI is InChI=1S/C33H43ClN2O6S/c1-3-31(43(35,40)41)21(2)6-4-8-29(37)26-12-9-24(26)18-36-19-33(15-5-7-22-16-25(34)11-13-27(22)33)20-42-30-14-10-23(32(38)39)17-28(30)36/h4,8,10-11,13-14,16-17,21,24,26,29,31,37H,3,5-7,9,12,15,18-20H2,1-2H3,(H,38,39)(H2,35,40,41)/t21-,24-,26+,29-,31-,33-/m0/s1. The zero-order chi connectivity index (χ0) is 30.9. The molecule has 10 heteroatoms. The number of carbonyl (C=O) groups is 1. The van der Waals surface area contributed by atoms with Gasteiger partial charge in [-0.2, -0.15) is 0 Å². The Labute approximate surface area is 259 Å². The number of hydrogen-bond acceptors (Lipinski definition) is 6. The SMILES string of the molecule is CC[C@@H]([C@@H](C)CC=C[C@H](O)[C@@H]1CC[C@H]1CN1C[C@@]2(CCCc3cc(Cl)ccc32)COc2ccc(C(=O)O)cc21)S(N)(=O)=O. The van der Waals surface area contributed by atoms with E-state index in [0.29, 0.717) is 38.3 Å². The molecular formula is C33H43ClN2O6S. The summed E-state index contributed by atoms with van der Waals surface area (Å²) in [6.45, 7) is 5.53. The predicted molar refractivity (Wildman–Crippen MR) is 170 cm³/mol. The maximum Gasteiger partial charge on any atom is 0.335 e. The normalized spacial score (nSPS) is 25.7. The number of primary sulfonamides is 1. The number of nitrogens with two attached hydrogens (primary N) is 1. The van der Waals surface area contributed by atoms with E-state index in [2.05, 4.69) is 17.0 Å². The average molecular weight is 631 g/mol. The largest absolute Gasteiger partial charge is 0.490 e. The Bertz CT molecular complexity index is 1480. The fourth-order valence-corrected chi connectivity index (χ4v) is 8.90. The van der Waals surface area contributed by atoms with Gasteiger partial charge in [-0.25, -0.2) is 18.4 Å². The Kier molecular flexibility index (Phi) is 9.47. The number of allylic oxidation sites excluding steroid dienone is 1. The van der Waals surface area contributed by atoms with Crippen molar-refractivity contribution < 1.29 is 28.2 Å². The van der Waals surface area contributed by atoms with Crippen LogP contribution in [0.1, 0.15) is 73.9 Å². The molecule has 2 aromatic carbocycles. The zero-order valence-electron chi connectivity index (χ0n) is 24.9. The lowest BCUT2D eigenvalue weighted by molar-refractivity contribution is 0.0455. The molecule has 234 valence electrons. The summed E-state index contributed by atoms with van der Waals surface area (Å²) in [5.74, 6) is -0.204. The maximum absolute atomic E-state index is 11.9. The lowest BCUT2D eigenvalue weighted by atomic mass is 9.68. The molecular weight excluding hydrogens is 588 g/mol. The number of ether oxygens (including phenoxy) is 1. The van der Waals surface area contributed by atoms with E-state index in [-0.39, 0.29) is 28.7 Å². The Balaban J connectivity index is 1.37. The van der Waals surface area contributed by atoms with Crippen LogP contribution in [-0.4, -0.2) is 55.7 Å². The van der Waals surface area contributed by atoms with E-state index < -0.39 is 27.3 Å². The van der Waals surface area contributed by atoms with E-state index in [4.69, 9.17) is 21.5 Å². The van der Waals surface area contributed by atoms with Crippen LogP contribution in [0.5, 0.6) is 5.75 Å². The summed E-state index contributed by atoms with van der Waals surface area (Å²) in [4.78, 5) is 14.2. The summed E-state index contributed by atoms with van der Waals surface area (Å²) in [7, 11) is -3.62. The van der Waals surface area contributed by atoms with Gasteiger partial charge in [-0.15, -0.1) is 0 Å². The number of rotatable bonds is 10. The van der Waals surface area contributed by atoms with Crippen molar-refractivity contribution >= 4 is 33.3 Å². The highest BCUT2D eigenvalue weighted by Crippen LogP contribution is 2.46. The van der Waals surface area contributed by atoms with Gasteiger partial charge in [0.05, 0.1) is 29.2 Å². The Morgan fingerprint density at radius 3 is 2.72 bits per heavy atom. The first-order valence-corrected chi connectivity index (χ1v) is 17.3. The van der Waals surface area contributed by atoms with Crippen LogP contribution < -0.4 is 14.8 Å². The molecule has 8 nitrogen and oxygen atoms in total. The number of aryl methyl sites for hydroxylation is 1. The highest BCUT2D eigenvalue weighted by atomic mass is 35.5. The summed E-state index contributed by atoms with van der Waals surface area (Å²) in [6.07, 6.45) is 8.77. The smallest absolute Gasteiger partial charge is 0.335 e. The fourth-order valence-electron chi connectivity index (χ4n) is 7.49. The van der Waals surface area contributed by atoms with Crippen molar-refractivity contribution in [1.29, 1.82) is 0 Å². The van der Waals surface area contributed by atoms with E-state index in [1.807, 2.05) is 26.0 Å². The number of nitrogens with zero attached hydrogens (tertiary/aromatic N) is 1.